The number of rotatable bonds is 6. The number of aromatic nitrogens is 3. The molecule has 25 heavy (non-hydrogen) atoms. The van der Waals surface area contributed by atoms with E-state index in [2.05, 4.69) is 15.3 Å². The normalized spacial score (nSPS) is 12.0. The summed E-state index contributed by atoms with van der Waals surface area (Å²) in [7, 11) is 0. The highest BCUT2D eigenvalue weighted by Gasteiger charge is 2.19. The largest absolute Gasteiger partial charge is 0.345 e. The molecule has 3 aromatic heterocycles. The number of carbonyl (C=O) groups excluding carboxylic acids is 1. The first-order valence-electron chi connectivity index (χ1n) is 7.55. The van der Waals surface area contributed by atoms with Crippen molar-refractivity contribution < 1.29 is 4.79 Å². The van der Waals surface area contributed by atoms with Crippen LogP contribution in [0.4, 0.5) is 0 Å². The topological polar surface area (TPSA) is 96.9 Å². The van der Waals surface area contributed by atoms with Crippen LogP contribution in [0.25, 0.3) is 0 Å². The molecule has 0 aliphatic carbocycles. The average Bonchev–Trinajstić information content (AvgIpc) is 3.21. The molecular formula is C16H16N4O3S2. The van der Waals surface area contributed by atoms with Crippen molar-refractivity contribution in [3.05, 3.63) is 71.6 Å². The van der Waals surface area contributed by atoms with Gasteiger partial charge in [0, 0.05) is 34.6 Å². The number of H-pyrrole nitrogens is 1. The molecule has 0 aromatic carbocycles. The van der Waals surface area contributed by atoms with Crippen LogP contribution in [0.2, 0.25) is 0 Å². The third kappa shape index (κ3) is 4.52. The number of hydrogen-bond donors (Lipinski definition) is 2. The van der Waals surface area contributed by atoms with Gasteiger partial charge >= 0.3 is 5.69 Å². The van der Waals surface area contributed by atoms with Gasteiger partial charge in [-0.2, -0.15) is 0 Å². The molecule has 0 bridgehead atoms. The molecule has 0 aliphatic rings. The Labute approximate surface area is 151 Å². The quantitative estimate of drug-likeness (QED) is 0.681. The Morgan fingerprint density at radius 2 is 2.20 bits per heavy atom. The number of nitrogens with one attached hydrogen (secondary N) is 2. The van der Waals surface area contributed by atoms with E-state index in [9.17, 15) is 14.4 Å². The Morgan fingerprint density at radius 1 is 1.36 bits per heavy atom. The van der Waals surface area contributed by atoms with Crippen LogP contribution >= 0.6 is 22.7 Å². The number of hydrogen-bond acceptors (Lipinski definition) is 6. The van der Waals surface area contributed by atoms with Crippen molar-refractivity contribution in [2.45, 2.75) is 25.9 Å². The number of amides is 1. The first kappa shape index (κ1) is 17.3. The molecule has 2 N–H and O–H groups in total. The lowest BCUT2D eigenvalue weighted by Crippen LogP contribution is -2.37. The standard InChI is InChI=1S/C16H16N4O3S2/c1-10-9-25-15(17-10)12(7-11-3-2-6-24-11)18-14(22)8-20-5-4-13(21)19-16(20)23/h2-6,9,12H,7-8H2,1H3,(H,18,22)(H,19,21,23). The molecule has 0 saturated carbocycles. The molecule has 0 radical (unpaired) electrons. The Bertz CT molecular complexity index is 972. The molecule has 1 amide bonds. The highest BCUT2D eigenvalue weighted by Crippen LogP contribution is 2.24. The fourth-order valence-corrected chi connectivity index (χ4v) is 3.92. The first-order valence-corrected chi connectivity index (χ1v) is 9.31. The van der Waals surface area contributed by atoms with E-state index in [-0.39, 0.29) is 18.5 Å². The molecule has 130 valence electrons. The minimum Gasteiger partial charge on any atom is -0.345 e. The van der Waals surface area contributed by atoms with Gasteiger partial charge in [0.15, 0.2) is 0 Å². The second-order valence-corrected chi connectivity index (χ2v) is 7.39. The van der Waals surface area contributed by atoms with Crippen molar-refractivity contribution in [1.82, 2.24) is 19.9 Å². The number of carbonyl (C=O) groups is 1. The molecule has 1 unspecified atom stereocenters. The summed E-state index contributed by atoms with van der Waals surface area (Å²) in [5.41, 5.74) is -0.194. The minimum absolute atomic E-state index is 0.166. The Morgan fingerprint density at radius 3 is 2.84 bits per heavy atom. The Hall–Kier alpha value is -2.52. The van der Waals surface area contributed by atoms with E-state index in [0.29, 0.717) is 6.42 Å². The van der Waals surface area contributed by atoms with Crippen LogP contribution in [-0.4, -0.2) is 20.4 Å². The number of thiazole rings is 1. The lowest BCUT2D eigenvalue weighted by atomic mass is 10.2. The van der Waals surface area contributed by atoms with Crippen LogP contribution < -0.4 is 16.6 Å². The van der Waals surface area contributed by atoms with Gasteiger partial charge in [0.25, 0.3) is 5.56 Å². The van der Waals surface area contributed by atoms with E-state index >= 15 is 0 Å². The second-order valence-electron chi connectivity index (χ2n) is 5.47. The fourth-order valence-electron chi connectivity index (χ4n) is 2.33. The summed E-state index contributed by atoms with van der Waals surface area (Å²) < 4.78 is 1.16. The lowest BCUT2D eigenvalue weighted by Gasteiger charge is -2.16. The molecule has 3 rings (SSSR count). The molecule has 0 saturated heterocycles. The van der Waals surface area contributed by atoms with Crippen LogP contribution in [0, 0.1) is 6.92 Å². The maximum absolute atomic E-state index is 12.4. The van der Waals surface area contributed by atoms with Crippen molar-refractivity contribution in [1.29, 1.82) is 0 Å². The van der Waals surface area contributed by atoms with Gasteiger partial charge in [-0.3, -0.25) is 19.1 Å². The summed E-state index contributed by atoms with van der Waals surface area (Å²) >= 11 is 3.11. The summed E-state index contributed by atoms with van der Waals surface area (Å²) in [5, 5.41) is 7.69. The molecule has 0 fully saturated rings. The van der Waals surface area contributed by atoms with Gasteiger partial charge in [0.1, 0.15) is 11.6 Å². The van der Waals surface area contributed by atoms with E-state index in [4.69, 9.17) is 0 Å². The summed E-state index contributed by atoms with van der Waals surface area (Å²) in [4.78, 5) is 42.9. The zero-order chi connectivity index (χ0) is 17.8. The Kier molecular flexibility index (Phi) is 5.25. The van der Waals surface area contributed by atoms with E-state index in [0.717, 1.165) is 20.1 Å². The summed E-state index contributed by atoms with van der Waals surface area (Å²) in [5.74, 6) is -0.316. The number of aromatic amines is 1. The summed E-state index contributed by atoms with van der Waals surface area (Å²) in [6.45, 7) is 1.74. The third-order valence-corrected chi connectivity index (χ3v) is 5.44. The second kappa shape index (κ2) is 7.58. The van der Waals surface area contributed by atoms with Gasteiger partial charge in [-0.25, -0.2) is 9.78 Å². The molecule has 9 heteroatoms. The van der Waals surface area contributed by atoms with Crippen LogP contribution in [0.1, 0.15) is 21.6 Å². The molecule has 3 aromatic rings. The predicted octanol–water partition coefficient (Wildman–Crippen LogP) is 1.46. The van der Waals surface area contributed by atoms with Crippen molar-refractivity contribution in [2.24, 2.45) is 0 Å². The van der Waals surface area contributed by atoms with E-state index in [1.165, 1.54) is 23.6 Å². The van der Waals surface area contributed by atoms with Crippen LogP contribution in [0.15, 0.2) is 44.7 Å². The van der Waals surface area contributed by atoms with Gasteiger partial charge in [-0.15, -0.1) is 22.7 Å². The maximum atomic E-state index is 12.4. The first-order chi connectivity index (χ1) is 12.0. The van der Waals surface area contributed by atoms with Gasteiger partial charge in [-0.05, 0) is 18.4 Å². The number of aryl methyl sites for hydroxylation is 1. The summed E-state index contributed by atoms with van der Waals surface area (Å²) in [6.07, 6.45) is 1.94. The third-order valence-electron chi connectivity index (χ3n) is 3.47. The van der Waals surface area contributed by atoms with Gasteiger partial charge in [-0.1, -0.05) is 6.07 Å². The van der Waals surface area contributed by atoms with Crippen LogP contribution in [0.3, 0.4) is 0 Å². The van der Waals surface area contributed by atoms with Crippen molar-refractivity contribution in [3.8, 4) is 0 Å². The SMILES string of the molecule is Cc1csc(C(Cc2cccs2)NC(=O)Cn2ccc(=O)[nH]c2=O)n1. The zero-order valence-electron chi connectivity index (χ0n) is 13.4. The van der Waals surface area contributed by atoms with E-state index < -0.39 is 11.2 Å². The molecule has 0 spiro atoms. The van der Waals surface area contributed by atoms with Crippen LogP contribution in [0.5, 0.6) is 0 Å². The van der Waals surface area contributed by atoms with Gasteiger partial charge < -0.3 is 5.32 Å². The average molecular weight is 376 g/mol. The number of nitrogens with zero attached hydrogens (tertiary/aromatic N) is 2. The van der Waals surface area contributed by atoms with Gasteiger partial charge in [0.2, 0.25) is 5.91 Å². The molecule has 3 heterocycles. The highest BCUT2D eigenvalue weighted by atomic mass is 32.1. The van der Waals surface area contributed by atoms with E-state index in [1.54, 1.807) is 11.3 Å². The Balaban J connectivity index is 1.75. The maximum Gasteiger partial charge on any atom is 0.328 e. The smallest absolute Gasteiger partial charge is 0.328 e. The lowest BCUT2D eigenvalue weighted by molar-refractivity contribution is -0.122. The van der Waals surface area contributed by atoms with Crippen LogP contribution in [-0.2, 0) is 17.8 Å². The number of thiophene rings is 1. The summed E-state index contributed by atoms with van der Waals surface area (Å²) in [6, 6.07) is 4.92. The van der Waals surface area contributed by atoms with E-state index in [1.807, 2.05) is 29.8 Å². The van der Waals surface area contributed by atoms with Crippen molar-refractivity contribution in [2.75, 3.05) is 0 Å². The molecule has 1 atom stereocenters. The highest BCUT2D eigenvalue weighted by molar-refractivity contribution is 7.10. The molecule has 0 aliphatic heterocycles. The van der Waals surface area contributed by atoms with Gasteiger partial charge in [0.05, 0.1) is 6.04 Å². The predicted molar refractivity (Wildman–Crippen MR) is 97.1 cm³/mol. The molecule has 7 nitrogen and oxygen atoms in total. The monoisotopic (exact) mass is 376 g/mol. The molecular weight excluding hydrogens is 360 g/mol. The minimum atomic E-state index is -0.609. The zero-order valence-corrected chi connectivity index (χ0v) is 15.0. The fraction of sp³-hybridized carbons (Fsp3) is 0.250. The van der Waals surface area contributed by atoms with Crippen molar-refractivity contribution in [3.63, 3.8) is 0 Å². The van der Waals surface area contributed by atoms with Crippen molar-refractivity contribution >= 4 is 28.6 Å².